The number of rotatable bonds is 13. The standard InChI is InChI=1S/C31H32O9/c1-31(2,21-40-30(35)29(34)38-19-23-13-15-25(36-3)16-14-23)20-39-28(33)26(32)17-24-11-7-8-12-27(24)37-18-22-9-5-4-6-10-22/h4-16H,17-21H2,1-3H3. The Kier molecular flexibility index (Phi) is 10.8. The molecule has 0 radical (unpaired) electrons. The largest absolute Gasteiger partial charge is 0.497 e. The van der Waals surface area contributed by atoms with Gasteiger partial charge in [-0.2, -0.15) is 0 Å². The van der Waals surface area contributed by atoms with E-state index >= 15 is 0 Å². The highest BCUT2D eigenvalue weighted by Gasteiger charge is 2.27. The predicted molar refractivity (Wildman–Crippen MR) is 144 cm³/mol. The van der Waals surface area contributed by atoms with E-state index in [0.29, 0.717) is 29.2 Å². The zero-order chi connectivity index (χ0) is 29.0. The molecule has 0 fully saturated rings. The molecule has 0 saturated carbocycles. The van der Waals surface area contributed by atoms with Crippen LogP contribution >= 0.6 is 0 Å². The van der Waals surface area contributed by atoms with E-state index in [1.165, 1.54) is 7.11 Å². The van der Waals surface area contributed by atoms with Crippen LogP contribution in [0.15, 0.2) is 78.9 Å². The molecule has 0 atom stereocenters. The van der Waals surface area contributed by atoms with Crippen LogP contribution in [0.1, 0.15) is 30.5 Å². The SMILES string of the molecule is COc1ccc(COC(=O)C(=O)OCC(C)(C)COC(=O)C(=O)Cc2ccccc2OCc2ccccc2)cc1. The molecular weight excluding hydrogens is 516 g/mol. The van der Waals surface area contributed by atoms with Gasteiger partial charge in [0.2, 0.25) is 5.78 Å². The number of Topliss-reactive ketones (excluding diaryl/α,β-unsaturated/α-hetero) is 1. The van der Waals surface area contributed by atoms with Crippen LogP contribution < -0.4 is 9.47 Å². The van der Waals surface area contributed by atoms with Gasteiger partial charge >= 0.3 is 17.9 Å². The molecule has 0 aromatic heterocycles. The number of methoxy groups -OCH3 is 1. The molecule has 3 aromatic rings. The van der Waals surface area contributed by atoms with E-state index in [4.69, 9.17) is 23.7 Å². The first kappa shape index (κ1) is 29.9. The second-order valence-electron chi connectivity index (χ2n) is 9.72. The van der Waals surface area contributed by atoms with Crippen molar-refractivity contribution in [2.75, 3.05) is 20.3 Å². The van der Waals surface area contributed by atoms with Gasteiger partial charge in [0.05, 0.1) is 7.11 Å². The zero-order valence-corrected chi connectivity index (χ0v) is 22.7. The molecular formula is C31H32O9. The zero-order valence-electron chi connectivity index (χ0n) is 22.7. The molecule has 3 aromatic carbocycles. The molecule has 0 N–H and O–H groups in total. The molecule has 40 heavy (non-hydrogen) atoms. The van der Waals surface area contributed by atoms with E-state index in [9.17, 15) is 19.2 Å². The third-order valence-corrected chi connectivity index (χ3v) is 5.67. The number of ether oxygens (including phenoxy) is 5. The van der Waals surface area contributed by atoms with Crippen LogP contribution in [0, 0.1) is 5.41 Å². The molecule has 0 aliphatic rings. The maximum absolute atomic E-state index is 12.6. The molecule has 9 nitrogen and oxygen atoms in total. The van der Waals surface area contributed by atoms with Crippen LogP contribution in [0.4, 0.5) is 0 Å². The molecule has 0 amide bonds. The van der Waals surface area contributed by atoms with Crippen molar-refractivity contribution in [2.24, 2.45) is 5.41 Å². The molecule has 0 heterocycles. The Hall–Kier alpha value is -4.66. The molecule has 9 heteroatoms. The third kappa shape index (κ3) is 9.58. The Morgan fingerprint density at radius 1 is 0.650 bits per heavy atom. The first-order valence-electron chi connectivity index (χ1n) is 12.6. The minimum absolute atomic E-state index is 0.110. The fraction of sp³-hybridized carbons (Fsp3) is 0.290. The van der Waals surface area contributed by atoms with Crippen molar-refractivity contribution < 1.29 is 42.9 Å². The number of carbonyl (C=O) groups excluding carboxylic acids is 4. The quantitative estimate of drug-likeness (QED) is 0.176. The Morgan fingerprint density at radius 3 is 1.90 bits per heavy atom. The molecule has 0 aliphatic carbocycles. The van der Waals surface area contributed by atoms with Crippen molar-refractivity contribution in [3.63, 3.8) is 0 Å². The number of hydrogen-bond acceptors (Lipinski definition) is 9. The molecule has 3 rings (SSSR count). The fourth-order valence-corrected chi connectivity index (χ4v) is 3.40. The summed E-state index contributed by atoms with van der Waals surface area (Å²) in [5.41, 5.74) is 1.33. The molecule has 0 saturated heterocycles. The number of benzene rings is 3. The lowest BCUT2D eigenvalue weighted by Gasteiger charge is -2.23. The van der Waals surface area contributed by atoms with Gasteiger partial charge in [0.15, 0.2) is 0 Å². The lowest BCUT2D eigenvalue weighted by atomic mass is 9.96. The summed E-state index contributed by atoms with van der Waals surface area (Å²) in [6.45, 7) is 3.08. The molecule has 0 unspecified atom stereocenters. The summed E-state index contributed by atoms with van der Waals surface area (Å²) in [5.74, 6) is -2.93. The van der Waals surface area contributed by atoms with Crippen LogP contribution in [-0.2, 0) is 53.0 Å². The van der Waals surface area contributed by atoms with Gasteiger partial charge in [0.1, 0.15) is 37.9 Å². The van der Waals surface area contributed by atoms with Crippen LogP contribution in [0.25, 0.3) is 0 Å². The summed E-state index contributed by atoms with van der Waals surface area (Å²) in [6, 6.07) is 23.4. The molecule has 0 spiro atoms. The maximum Gasteiger partial charge on any atom is 0.417 e. The number of hydrogen-bond donors (Lipinski definition) is 0. The smallest absolute Gasteiger partial charge is 0.417 e. The van der Waals surface area contributed by atoms with Crippen LogP contribution in [0.3, 0.4) is 0 Å². The third-order valence-electron chi connectivity index (χ3n) is 5.67. The monoisotopic (exact) mass is 548 g/mol. The Bertz CT molecular complexity index is 1300. The highest BCUT2D eigenvalue weighted by Crippen LogP contribution is 2.21. The maximum atomic E-state index is 12.6. The van der Waals surface area contributed by atoms with E-state index in [1.54, 1.807) is 62.4 Å². The summed E-state index contributed by atoms with van der Waals surface area (Å²) in [4.78, 5) is 49.0. The summed E-state index contributed by atoms with van der Waals surface area (Å²) in [7, 11) is 1.54. The number of esters is 3. The average Bonchev–Trinajstić information content (AvgIpc) is 2.97. The molecule has 210 valence electrons. The molecule has 0 aliphatic heterocycles. The minimum Gasteiger partial charge on any atom is -0.497 e. The van der Waals surface area contributed by atoms with Crippen LogP contribution in [0.5, 0.6) is 11.5 Å². The summed E-state index contributed by atoms with van der Waals surface area (Å²) >= 11 is 0. The van der Waals surface area contributed by atoms with Gasteiger partial charge < -0.3 is 23.7 Å². The van der Waals surface area contributed by atoms with Crippen LogP contribution in [-0.4, -0.2) is 44.0 Å². The number of para-hydroxylation sites is 1. The summed E-state index contributed by atoms with van der Waals surface area (Å²) < 4.78 is 26.1. The number of ketones is 1. The Labute approximate surface area is 233 Å². The second kappa shape index (κ2) is 14.5. The number of carbonyl (C=O) groups is 4. The van der Waals surface area contributed by atoms with Crippen molar-refractivity contribution in [3.8, 4) is 11.5 Å². The van der Waals surface area contributed by atoms with E-state index in [2.05, 4.69) is 0 Å². The van der Waals surface area contributed by atoms with Gasteiger partial charge in [-0.3, -0.25) is 4.79 Å². The molecule has 0 bridgehead atoms. The Balaban J connectivity index is 1.42. The normalized spacial score (nSPS) is 10.8. The van der Waals surface area contributed by atoms with E-state index < -0.39 is 29.1 Å². The highest BCUT2D eigenvalue weighted by molar-refractivity contribution is 6.34. The van der Waals surface area contributed by atoms with E-state index in [1.807, 2.05) is 30.3 Å². The van der Waals surface area contributed by atoms with Gasteiger partial charge in [-0.15, -0.1) is 0 Å². The first-order chi connectivity index (χ1) is 19.2. The van der Waals surface area contributed by atoms with Crippen molar-refractivity contribution in [2.45, 2.75) is 33.5 Å². The van der Waals surface area contributed by atoms with E-state index in [-0.39, 0.29) is 26.2 Å². The fourth-order valence-electron chi connectivity index (χ4n) is 3.40. The van der Waals surface area contributed by atoms with Gasteiger partial charge in [0.25, 0.3) is 0 Å². The van der Waals surface area contributed by atoms with E-state index in [0.717, 1.165) is 5.56 Å². The van der Waals surface area contributed by atoms with Gasteiger partial charge in [-0.1, -0.05) is 74.5 Å². The van der Waals surface area contributed by atoms with Crippen molar-refractivity contribution in [1.82, 2.24) is 0 Å². The van der Waals surface area contributed by atoms with Crippen molar-refractivity contribution in [1.29, 1.82) is 0 Å². The summed E-state index contributed by atoms with van der Waals surface area (Å²) in [5, 5.41) is 0. The average molecular weight is 549 g/mol. The minimum atomic E-state index is -1.17. The van der Waals surface area contributed by atoms with Crippen LogP contribution in [0.2, 0.25) is 0 Å². The second-order valence-corrected chi connectivity index (χ2v) is 9.72. The van der Waals surface area contributed by atoms with Gasteiger partial charge in [-0.25, -0.2) is 14.4 Å². The van der Waals surface area contributed by atoms with Crippen molar-refractivity contribution in [3.05, 3.63) is 95.6 Å². The topological polar surface area (TPSA) is 114 Å². The predicted octanol–water partition coefficient (Wildman–Crippen LogP) is 4.24. The van der Waals surface area contributed by atoms with Gasteiger partial charge in [0, 0.05) is 17.4 Å². The summed E-state index contributed by atoms with van der Waals surface area (Å²) in [6.07, 6.45) is -0.195. The Morgan fingerprint density at radius 2 is 1.23 bits per heavy atom. The highest BCUT2D eigenvalue weighted by atomic mass is 16.6. The first-order valence-corrected chi connectivity index (χ1v) is 12.6. The lowest BCUT2D eigenvalue weighted by molar-refractivity contribution is -0.171. The van der Waals surface area contributed by atoms with Crippen molar-refractivity contribution >= 4 is 23.7 Å². The van der Waals surface area contributed by atoms with Gasteiger partial charge in [-0.05, 0) is 29.3 Å². The lowest BCUT2D eigenvalue weighted by Crippen LogP contribution is -2.32.